The summed E-state index contributed by atoms with van der Waals surface area (Å²) in [7, 11) is 3.19. The van der Waals surface area contributed by atoms with Gasteiger partial charge in [0.25, 0.3) is 0 Å². The van der Waals surface area contributed by atoms with E-state index >= 15 is 0 Å². The van der Waals surface area contributed by atoms with Gasteiger partial charge in [0.05, 0.1) is 13.7 Å². The van der Waals surface area contributed by atoms with Crippen LogP contribution in [0, 0.1) is 0 Å². The molecule has 0 heterocycles. The standard InChI is InChI=1S/C16H24F2N2O3/c1-16(2,3)19-14(21)10-20(4)9-11-6-7-12(23-15(17)18)13(8-11)22-5/h6-8,15H,9-10H2,1-5H3,(H,19,21). The number of carbonyl (C=O) groups excluding carboxylic acids is 1. The number of nitrogens with one attached hydrogen (secondary N) is 1. The maximum Gasteiger partial charge on any atom is 0.387 e. The number of alkyl halides is 2. The van der Waals surface area contributed by atoms with Crippen LogP contribution < -0.4 is 14.8 Å². The molecular weight excluding hydrogens is 306 g/mol. The van der Waals surface area contributed by atoms with E-state index in [9.17, 15) is 13.6 Å². The van der Waals surface area contributed by atoms with Crippen molar-refractivity contribution < 1.29 is 23.0 Å². The monoisotopic (exact) mass is 330 g/mol. The van der Waals surface area contributed by atoms with Crippen LogP contribution in [0.1, 0.15) is 26.3 Å². The van der Waals surface area contributed by atoms with E-state index in [0.717, 1.165) is 5.56 Å². The minimum absolute atomic E-state index is 0.0145. The number of nitrogens with zero attached hydrogens (tertiary/aromatic N) is 1. The molecule has 0 aliphatic carbocycles. The summed E-state index contributed by atoms with van der Waals surface area (Å²) >= 11 is 0. The molecule has 7 heteroatoms. The van der Waals surface area contributed by atoms with Crippen LogP contribution >= 0.6 is 0 Å². The number of ether oxygens (including phenoxy) is 2. The second kappa shape index (κ2) is 8.10. The van der Waals surface area contributed by atoms with Gasteiger partial charge in [-0.05, 0) is 45.5 Å². The average Bonchev–Trinajstić information content (AvgIpc) is 2.37. The maximum absolute atomic E-state index is 12.3. The number of rotatable bonds is 7. The van der Waals surface area contributed by atoms with Crippen molar-refractivity contribution in [2.24, 2.45) is 0 Å². The molecule has 0 bridgehead atoms. The summed E-state index contributed by atoms with van der Waals surface area (Å²) in [5, 5.41) is 2.88. The van der Waals surface area contributed by atoms with Crippen molar-refractivity contribution in [3.05, 3.63) is 23.8 Å². The minimum Gasteiger partial charge on any atom is -0.493 e. The van der Waals surface area contributed by atoms with Gasteiger partial charge in [0.15, 0.2) is 11.5 Å². The van der Waals surface area contributed by atoms with Crippen LogP contribution in [-0.2, 0) is 11.3 Å². The van der Waals surface area contributed by atoms with Gasteiger partial charge in [-0.2, -0.15) is 8.78 Å². The van der Waals surface area contributed by atoms with Crippen molar-refractivity contribution in [3.63, 3.8) is 0 Å². The zero-order valence-electron chi connectivity index (χ0n) is 14.2. The number of halogens is 2. The van der Waals surface area contributed by atoms with E-state index in [1.54, 1.807) is 19.2 Å². The average molecular weight is 330 g/mol. The molecule has 1 aromatic rings. The van der Waals surface area contributed by atoms with Crippen molar-refractivity contribution in [1.29, 1.82) is 0 Å². The highest BCUT2D eigenvalue weighted by molar-refractivity contribution is 5.78. The summed E-state index contributed by atoms with van der Waals surface area (Å²) in [6, 6.07) is 4.72. The molecule has 0 fully saturated rings. The molecule has 1 aromatic carbocycles. The smallest absolute Gasteiger partial charge is 0.387 e. The number of hydrogen-bond acceptors (Lipinski definition) is 4. The third-order valence-electron chi connectivity index (χ3n) is 2.82. The largest absolute Gasteiger partial charge is 0.493 e. The van der Waals surface area contributed by atoms with Gasteiger partial charge in [0.2, 0.25) is 5.91 Å². The van der Waals surface area contributed by atoms with E-state index in [1.807, 2.05) is 25.7 Å². The second-order valence-corrected chi connectivity index (χ2v) is 6.33. The fraction of sp³-hybridized carbons (Fsp3) is 0.562. The highest BCUT2D eigenvalue weighted by atomic mass is 19.3. The molecule has 0 saturated heterocycles. The van der Waals surface area contributed by atoms with Crippen molar-refractivity contribution in [3.8, 4) is 11.5 Å². The molecule has 0 aliphatic rings. The molecule has 1 N–H and O–H groups in total. The summed E-state index contributed by atoms with van der Waals surface area (Å²) in [6.45, 7) is 3.54. The Kier molecular flexibility index (Phi) is 6.75. The lowest BCUT2D eigenvalue weighted by Gasteiger charge is -2.23. The Morgan fingerprint density at radius 2 is 1.96 bits per heavy atom. The van der Waals surface area contributed by atoms with Gasteiger partial charge < -0.3 is 14.8 Å². The number of amides is 1. The van der Waals surface area contributed by atoms with Gasteiger partial charge in [-0.3, -0.25) is 9.69 Å². The molecule has 0 aromatic heterocycles. The first-order chi connectivity index (χ1) is 10.6. The van der Waals surface area contributed by atoms with Crippen LogP contribution in [0.5, 0.6) is 11.5 Å². The summed E-state index contributed by atoms with van der Waals surface area (Å²) in [5.41, 5.74) is 0.546. The molecule has 5 nitrogen and oxygen atoms in total. The molecule has 23 heavy (non-hydrogen) atoms. The number of benzene rings is 1. The van der Waals surface area contributed by atoms with Gasteiger partial charge in [0.1, 0.15) is 0 Å². The SMILES string of the molecule is COc1cc(CN(C)CC(=O)NC(C)(C)C)ccc1OC(F)F. The van der Waals surface area contributed by atoms with Crippen molar-refractivity contribution in [1.82, 2.24) is 10.2 Å². The van der Waals surface area contributed by atoms with Crippen LogP contribution in [0.2, 0.25) is 0 Å². The number of methoxy groups -OCH3 is 1. The molecule has 0 atom stereocenters. The van der Waals surface area contributed by atoms with Gasteiger partial charge >= 0.3 is 6.61 Å². The molecule has 0 saturated carbocycles. The van der Waals surface area contributed by atoms with Crippen molar-refractivity contribution in [2.45, 2.75) is 39.5 Å². The zero-order chi connectivity index (χ0) is 17.6. The second-order valence-electron chi connectivity index (χ2n) is 6.33. The lowest BCUT2D eigenvalue weighted by Crippen LogP contribution is -2.45. The van der Waals surface area contributed by atoms with Crippen LogP contribution in [0.15, 0.2) is 18.2 Å². The van der Waals surface area contributed by atoms with E-state index < -0.39 is 6.61 Å². The maximum atomic E-state index is 12.3. The van der Waals surface area contributed by atoms with Crippen LogP contribution in [-0.4, -0.2) is 43.7 Å². The summed E-state index contributed by atoms with van der Waals surface area (Å²) in [4.78, 5) is 13.7. The zero-order valence-corrected chi connectivity index (χ0v) is 14.2. The van der Waals surface area contributed by atoms with E-state index in [-0.39, 0.29) is 29.5 Å². The fourth-order valence-electron chi connectivity index (χ4n) is 2.07. The third kappa shape index (κ3) is 7.27. The first-order valence-electron chi connectivity index (χ1n) is 7.22. The molecule has 1 rings (SSSR count). The lowest BCUT2D eigenvalue weighted by atomic mass is 10.1. The van der Waals surface area contributed by atoms with Crippen LogP contribution in [0.4, 0.5) is 8.78 Å². The first kappa shape index (κ1) is 19.2. The molecular formula is C16H24F2N2O3. The van der Waals surface area contributed by atoms with Crippen LogP contribution in [0.3, 0.4) is 0 Å². The Balaban J connectivity index is 2.68. The fourth-order valence-corrected chi connectivity index (χ4v) is 2.07. The predicted octanol–water partition coefficient (Wildman–Crippen LogP) is 2.64. The Hall–Kier alpha value is -1.89. The molecule has 0 radical (unpaired) electrons. The van der Waals surface area contributed by atoms with Crippen molar-refractivity contribution >= 4 is 5.91 Å². The molecule has 0 unspecified atom stereocenters. The Bertz CT molecular complexity index is 531. The quantitative estimate of drug-likeness (QED) is 0.835. The molecule has 0 aliphatic heterocycles. The van der Waals surface area contributed by atoms with Gasteiger partial charge in [-0.1, -0.05) is 6.07 Å². The summed E-state index contributed by atoms with van der Waals surface area (Å²) in [5.74, 6) is 0.138. The number of hydrogen-bond donors (Lipinski definition) is 1. The van der Waals surface area contributed by atoms with E-state index in [0.29, 0.717) is 6.54 Å². The van der Waals surface area contributed by atoms with E-state index in [2.05, 4.69) is 10.1 Å². The minimum atomic E-state index is -2.90. The van der Waals surface area contributed by atoms with Crippen molar-refractivity contribution in [2.75, 3.05) is 20.7 Å². The number of carbonyl (C=O) groups is 1. The highest BCUT2D eigenvalue weighted by Crippen LogP contribution is 2.29. The third-order valence-corrected chi connectivity index (χ3v) is 2.82. The summed E-state index contributed by atoms with van der Waals surface area (Å²) < 4.78 is 34.0. The Morgan fingerprint density at radius 3 is 2.48 bits per heavy atom. The normalized spacial score (nSPS) is 11.7. The Labute approximate surface area is 135 Å². The first-order valence-corrected chi connectivity index (χ1v) is 7.22. The van der Waals surface area contributed by atoms with E-state index in [1.165, 1.54) is 13.2 Å². The van der Waals surface area contributed by atoms with Crippen LogP contribution in [0.25, 0.3) is 0 Å². The molecule has 130 valence electrons. The predicted molar refractivity (Wildman–Crippen MR) is 83.9 cm³/mol. The molecule has 0 spiro atoms. The lowest BCUT2D eigenvalue weighted by molar-refractivity contribution is -0.123. The van der Waals surface area contributed by atoms with Gasteiger partial charge in [-0.15, -0.1) is 0 Å². The number of likely N-dealkylation sites (N-methyl/N-ethyl adjacent to an activating group) is 1. The Morgan fingerprint density at radius 1 is 1.30 bits per heavy atom. The van der Waals surface area contributed by atoms with E-state index in [4.69, 9.17) is 4.74 Å². The highest BCUT2D eigenvalue weighted by Gasteiger charge is 2.16. The van der Waals surface area contributed by atoms with Gasteiger partial charge in [-0.25, -0.2) is 0 Å². The topological polar surface area (TPSA) is 50.8 Å². The van der Waals surface area contributed by atoms with Gasteiger partial charge in [0, 0.05) is 12.1 Å². The molecule has 1 amide bonds. The summed E-state index contributed by atoms with van der Waals surface area (Å²) in [6.07, 6.45) is 0.